The lowest BCUT2D eigenvalue weighted by atomic mass is 10.1. The van der Waals surface area contributed by atoms with Crippen LogP contribution in [0.1, 0.15) is 26.2 Å². The molecule has 80 valence electrons. The first kappa shape index (κ1) is 12.7. The molecule has 5 heteroatoms. The molecule has 0 aliphatic heterocycles. The predicted octanol–water partition coefficient (Wildman–Crippen LogP) is 2.17. The van der Waals surface area contributed by atoms with E-state index in [1.165, 1.54) is 0 Å². The van der Waals surface area contributed by atoms with Crippen molar-refractivity contribution in [2.75, 3.05) is 14.1 Å². The van der Waals surface area contributed by atoms with Crippen LogP contribution in [0.5, 0.6) is 0 Å². The molecule has 0 aromatic rings. The van der Waals surface area contributed by atoms with Gasteiger partial charge < -0.3 is 0 Å². The maximum atomic E-state index is 11.7. The van der Waals surface area contributed by atoms with E-state index in [0.29, 0.717) is 6.42 Å². The van der Waals surface area contributed by atoms with Crippen LogP contribution in [0.15, 0.2) is 0 Å². The normalized spacial score (nSPS) is 15.0. The summed E-state index contributed by atoms with van der Waals surface area (Å²) in [5, 5.41) is 1.75. The summed E-state index contributed by atoms with van der Waals surface area (Å²) in [6.07, 6.45) is -3.98. The standard InChI is InChI=1S/C8H17F3N2/c1-7(12-13(2)3)5-4-6-8(9,10)11/h7,12H,4-6H2,1-3H3. The molecular formula is C8H17F3N2. The van der Waals surface area contributed by atoms with Crippen LogP contribution in [-0.2, 0) is 0 Å². The topological polar surface area (TPSA) is 15.3 Å². The summed E-state index contributed by atoms with van der Waals surface area (Å²) < 4.78 is 35.2. The van der Waals surface area contributed by atoms with Crippen LogP contribution < -0.4 is 5.43 Å². The predicted molar refractivity (Wildman–Crippen MR) is 46.2 cm³/mol. The van der Waals surface area contributed by atoms with Crippen LogP contribution in [0.25, 0.3) is 0 Å². The molecule has 2 nitrogen and oxygen atoms in total. The van der Waals surface area contributed by atoms with Crippen LogP contribution in [0.4, 0.5) is 13.2 Å². The van der Waals surface area contributed by atoms with E-state index >= 15 is 0 Å². The molecule has 1 atom stereocenters. The SMILES string of the molecule is CC(CCCC(F)(F)F)NN(C)C. The van der Waals surface area contributed by atoms with Gasteiger partial charge in [-0.15, -0.1) is 0 Å². The summed E-state index contributed by atoms with van der Waals surface area (Å²) in [5.41, 5.74) is 2.99. The molecule has 0 aliphatic rings. The Morgan fingerprint density at radius 1 is 1.31 bits per heavy atom. The Hall–Kier alpha value is -0.290. The highest BCUT2D eigenvalue weighted by Gasteiger charge is 2.26. The monoisotopic (exact) mass is 198 g/mol. The van der Waals surface area contributed by atoms with Gasteiger partial charge in [-0.3, -0.25) is 10.4 Å². The second kappa shape index (κ2) is 5.44. The third-order valence-corrected chi connectivity index (χ3v) is 1.58. The Kier molecular flexibility index (Phi) is 5.32. The van der Waals surface area contributed by atoms with Gasteiger partial charge in [-0.05, 0) is 19.8 Å². The van der Waals surface area contributed by atoms with Gasteiger partial charge in [0.1, 0.15) is 0 Å². The van der Waals surface area contributed by atoms with E-state index in [9.17, 15) is 13.2 Å². The summed E-state index contributed by atoms with van der Waals surface area (Å²) >= 11 is 0. The smallest absolute Gasteiger partial charge is 0.253 e. The van der Waals surface area contributed by atoms with Crippen molar-refractivity contribution in [2.24, 2.45) is 0 Å². The molecule has 0 heterocycles. The molecule has 0 bridgehead atoms. The largest absolute Gasteiger partial charge is 0.389 e. The van der Waals surface area contributed by atoms with Gasteiger partial charge in [-0.25, -0.2) is 0 Å². The molecule has 0 aliphatic carbocycles. The number of halogens is 3. The molecular weight excluding hydrogens is 181 g/mol. The highest BCUT2D eigenvalue weighted by atomic mass is 19.4. The molecule has 0 radical (unpaired) electrons. The van der Waals surface area contributed by atoms with E-state index in [-0.39, 0.29) is 12.5 Å². The highest BCUT2D eigenvalue weighted by Crippen LogP contribution is 2.22. The molecule has 0 saturated carbocycles. The highest BCUT2D eigenvalue weighted by molar-refractivity contribution is 4.59. The van der Waals surface area contributed by atoms with Gasteiger partial charge in [-0.1, -0.05) is 0 Å². The van der Waals surface area contributed by atoms with Crippen LogP contribution in [0, 0.1) is 0 Å². The second-order valence-corrected chi connectivity index (χ2v) is 3.43. The Labute approximate surface area is 77.1 Å². The minimum atomic E-state index is -4.02. The zero-order valence-electron chi connectivity index (χ0n) is 8.28. The van der Waals surface area contributed by atoms with E-state index in [1.807, 2.05) is 21.0 Å². The van der Waals surface area contributed by atoms with Crippen LogP contribution in [0.2, 0.25) is 0 Å². The van der Waals surface area contributed by atoms with Crippen LogP contribution in [-0.4, -0.2) is 31.3 Å². The van der Waals surface area contributed by atoms with Gasteiger partial charge in [-0.2, -0.15) is 13.2 Å². The zero-order chi connectivity index (χ0) is 10.5. The lowest BCUT2D eigenvalue weighted by Crippen LogP contribution is -2.37. The molecule has 1 N–H and O–H groups in total. The van der Waals surface area contributed by atoms with E-state index < -0.39 is 12.6 Å². The Balaban J connectivity index is 3.42. The fraction of sp³-hybridized carbons (Fsp3) is 1.00. The summed E-state index contributed by atoms with van der Waals surface area (Å²) in [5.74, 6) is 0. The number of nitrogens with zero attached hydrogens (tertiary/aromatic N) is 1. The van der Waals surface area contributed by atoms with Crippen molar-refractivity contribution >= 4 is 0 Å². The minimum absolute atomic E-state index is 0.0948. The van der Waals surface area contributed by atoms with E-state index in [2.05, 4.69) is 5.43 Å². The Bertz CT molecular complexity index is 134. The number of rotatable bonds is 5. The summed E-state index contributed by atoms with van der Waals surface area (Å²) in [7, 11) is 3.64. The first-order valence-corrected chi connectivity index (χ1v) is 4.31. The van der Waals surface area contributed by atoms with Crippen molar-refractivity contribution in [2.45, 2.75) is 38.4 Å². The number of nitrogens with one attached hydrogen (secondary N) is 1. The zero-order valence-corrected chi connectivity index (χ0v) is 8.28. The fourth-order valence-electron chi connectivity index (χ4n) is 1.11. The van der Waals surface area contributed by atoms with Crippen molar-refractivity contribution in [1.29, 1.82) is 0 Å². The second-order valence-electron chi connectivity index (χ2n) is 3.43. The number of hydrazine groups is 1. The van der Waals surface area contributed by atoms with Crippen molar-refractivity contribution in [3.05, 3.63) is 0 Å². The average molecular weight is 198 g/mol. The third kappa shape index (κ3) is 9.63. The minimum Gasteiger partial charge on any atom is -0.253 e. The first-order valence-electron chi connectivity index (χ1n) is 4.31. The van der Waals surface area contributed by atoms with Gasteiger partial charge in [0.25, 0.3) is 0 Å². The van der Waals surface area contributed by atoms with Crippen molar-refractivity contribution in [3.8, 4) is 0 Å². The van der Waals surface area contributed by atoms with E-state index in [0.717, 1.165) is 0 Å². The summed E-state index contributed by atoms with van der Waals surface area (Å²) in [6, 6.07) is 0.0948. The van der Waals surface area contributed by atoms with Gasteiger partial charge in [0.05, 0.1) is 0 Å². The molecule has 0 aromatic carbocycles. The maximum absolute atomic E-state index is 11.7. The van der Waals surface area contributed by atoms with Gasteiger partial charge in [0, 0.05) is 26.6 Å². The number of hydrogen-bond acceptors (Lipinski definition) is 2. The third-order valence-electron chi connectivity index (χ3n) is 1.58. The lowest BCUT2D eigenvalue weighted by molar-refractivity contribution is -0.135. The van der Waals surface area contributed by atoms with E-state index in [1.54, 1.807) is 5.01 Å². The lowest BCUT2D eigenvalue weighted by Gasteiger charge is -2.19. The Morgan fingerprint density at radius 3 is 2.23 bits per heavy atom. The van der Waals surface area contributed by atoms with Crippen molar-refractivity contribution < 1.29 is 13.2 Å². The molecule has 0 fully saturated rings. The molecule has 0 spiro atoms. The summed E-state index contributed by atoms with van der Waals surface area (Å²) in [6.45, 7) is 1.87. The van der Waals surface area contributed by atoms with E-state index in [4.69, 9.17) is 0 Å². The van der Waals surface area contributed by atoms with Gasteiger partial charge in [0.2, 0.25) is 0 Å². The molecule has 1 unspecified atom stereocenters. The molecule has 0 rings (SSSR count). The van der Waals surface area contributed by atoms with Gasteiger partial charge >= 0.3 is 6.18 Å². The van der Waals surface area contributed by atoms with Crippen molar-refractivity contribution in [1.82, 2.24) is 10.4 Å². The van der Waals surface area contributed by atoms with Crippen LogP contribution in [0.3, 0.4) is 0 Å². The number of alkyl halides is 3. The molecule has 0 amide bonds. The molecule has 0 saturated heterocycles. The molecule has 13 heavy (non-hydrogen) atoms. The summed E-state index contributed by atoms with van der Waals surface area (Å²) in [4.78, 5) is 0. The first-order chi connectivity index (χ1) is 5.81. The Morgan fingerprint density at radius 2 is 1.85 bits per heavy atom. The van der Waals surface area contributed by atoms with Crippen molar-refractivity contribution in [3.63, 3.8) is 0 Å². The van der Waals surface area contributed by atoms with Gasteiger partial charge in [0.15, 0.2) is 0 Å². The maximum Gasteiger partial charge on any atom is 0.389 e. The average Bonchev–Trinajstić information content (AvgIpc) is 1.81. The number of hydrogen-bond donors (Lipinski definition) is 1. The van der Waals surface area contributed by atoms with Crippen LogP contribution >= 0.6 is 0 Å². The quantitative estimate of drug-likeness (QED) is 0.681. The fourth-order valence-corrected chi connectivity index (χ4v) is 1.11. The molecule has 0 aromatic heterocycles.